The Labute approximate surface area is 92.9 Å². The van der Waals surface area contributed by atoms with Gasteiger partial charge in [0.25, 0.3) is 0 Å². The molecule has 0 saturated carbocycles. The summed E-state index contributed by atoms with van der Waals surface area (Å²) in [5.41, 5.74) is 3.03. The van der Waals surface area contributed by atoms with Crippen molar-refractivity contribution >= 4 is 6.08 Å². The average Bonchev–Trinajstić information content (AvgIpc) is 2.47. The molecule has 1 aromatic carbocycles. The monoisotopic (exact) mass is 370 g/mol. The molecule has 78 valence electrons. The van der Waals surface area contributed by atoms with Crippen molar-refractivity contribution in [3.8, 4) is 0 Å². The van der Waals surface area contributed by atoms with Crippen LogP contribution in [0.2, 0.25) is 4.68 Å². The Hall–Kier alpha value is -0.380. The van der Waals surface area contributed by atoms with Crippen LogP contribution in [0.15, 0.2) is 30.3 Å². The van der Waals surface area contributed by atoms with Gasteiger partial charge in [0.05, 0.1) is 0 Å². The molecule has 0 fully saturated rings. The van der Waals surface area contributed by atoms with E-state index in [0.29, 0.717) is 0 Å². The van der Waals surface area contributed by atoms with E-state index in [0.717, 1.165) is 3.67 Å². The first kappa shape index (κ1) is 16.1. The van der Waals surface area contributed by atoms with E-state index < -0.39 is 0 Å². The molecule has 1 aliphatic rings. The zero-order chi connectivity index (χ0) is 7.68. The van der Waals surface area contributed by atoms with E-state index in [1.807, 2.05) is 0 Å². The molecule has 0 heterocycles. The SMILES string of the molecule is F.F.F.[CH3][Hf][CH]1C=Cc2ccccc21. The van der Waals surface area contributed by atoms with Crippen LogP contribution in [-0.4, -0.2) is 0 Å². The fourth-order valence-corrected chi connectivity index (χ4v) is 4.60. The second-order valence-corrected chi connectivity index (χ2v) is 7.06. The minimum atomic E-state index is -0.353. The van der Waals surface area contributed by atoms with Gasteiger partial charge in [-0.05, 0) is 0 Å². The van der Waals surface area contributed by atoms with Crippen LogP contribution in [0.1, 0.15) is 14.8 Å². The van der Waals surface area contributed by atoms with Gasteiger partial charge in [-0.1, -0.05) is 0 Å². The Kier molecular flexibility index (Phi) is 8.01. The summed E-state index contributed by atoms with van der Waals surface area (Å²) >= 11 is -0.353. The number of hydrogen-bond donors (Lipinski definition) is 0. The molecular formula is C10H13F3Hf. The van der Waals surface area contributed by atoms with Gasteiger partial charge in [0, 0.05) is 0 Å². The van der Waals surface area contributed by atoms with Crippen LogP contribution in [0.3, 0.4) is 0 Å². The van der Waals surface area contributed by atoms with Crippen LogP contribution in [0, 0.1) is 0 Å². The first-order chi connectivity index (χ1) is 5.42. The first-order valence-corrected chi connectivity index (χ1v) is 9.53. The van der Waals surface area contributed by atoms with Crippen LogP contribution in [0.4, 0.5) is 14.1 Å². The van der Waals surface area contributed by atoms with Gasteiger partial charge in [0.1, 0.15) is 0 Å². The van der Waals surface area contributed by atoms with Crippen molar-refractivity contribution < 1.29 is 37.0 Å². The Morgan fingerprint density at radius 3 is 2.36 bits per heavy atom. The topological polar surface area (TPSA) is 0 Å². The van der Waals surface area contributed by atoms with Crippen molar-refractivity contribution in [2.45, 2.75) is 8.35 Å². The minimum absolute atomic E-state index is 0. The van der Waals surface area contributed by atoms with Gasteiger partial charge in [0.15, 0.2) is 0 Å². The summed E-state index contributed by atoms with van der Waals surface area (Å²) in [6, 6.07) is 8.76. The van der Waals surface area contributed by atoms with Crippen LogP contribution >= 0.6 is 0 Å². The van der Waals surface area contributed by atoms with Crippen molar-refractivity contribution in [3.05, 3.63) is 41.5 Å². The molecule has 0 radical (unpaired) electrons. The van der Waals surface area contributed by atoms with Gasteiger partial charge in [-0.2, -0.15) is 0 Å². The Morgan fingerprint density at radius 2 is 1.71 bits per heavy atom. The van der Waals surface area contributed by atoms with E-state index in [1.54, 1.807) is 5.56 Å². The second kappa shape index (κ2) is 6.98. The third-order valence-electron chi connectivity index (χ3n) is 2.11. The van der Waals surface area contributed by atoms with Gasteiger partial charge in [-0.3, -0.25) is 14.1 Å². The molecule has 0 bridgehead atoms. The molecule has 1 aliphatic carbocycles. The molecule has 0 N–H and O–H groups in total. The summed E-state index contributed by atoms with van der Waals surface area (Å²) in [4.78, 5) is 0. The van der Waals surface area contributed by atoms with Crippen molar-refractivity contribution in [1.82, 2.24) is 0 Å². The van der Waals surface area contributed by atoms with Crippen LogP contribution in [0.25, 0.3) is 6.08 Å². The first-order valence-electron chi connectivity index (χ1n) is 3.86. The fourth-order valence-electron chi connectivity index (χ4n) is 1.50. The molecule has 1 atom stereocenters. The second-order valence-electron chi connectivity index (χ2n) is 2.75. The quantitative estimate of drug-likeness (QED) is 0.667. The van der Waals surface area contributed by atoms with Gasteiger partial charge in [-0.25, -0.2) is 0 Å². The number of fused-ring (bicyclic) bond motifs is 1. The maximum absolute atomic E-state index is 2.43. The van der Waals surface area contributed by atoms with E-state index >= 15 is 0 Å². The molecule has 0 amide bonds. The molecule has 14 heavy (non-hydrogen) atoms. The van der Waals surface area contributed by atoms with E-state index in [-0.39, 0.29) is 37.0 Å². The van der Waals surface area contributed by atoms with Gasteiger partial charge in [-0.15, -0.1) is 0 Å². The summed E-state index contributed by atoms with van der Waals surface area (Å²) in [7, 11) is 0. The van der Waals surface area contributed by atoms with Gasteiger partial charge >= 0.3 is 78.8 Å². The van der Waals surface area contributed by atoms with Crippen molar-refractivity contribution in [3.63, 3.8) is 0 Å². The predicted molar refractivity (Wildman–Crippen MR) is 51.6 cm³/mol. The molecule has 0 nitrogen and oxygen atoms in total. The van der Waals surface area contributed by atoms with E-state index in [4.69, 9.17) is 0 Å². The molecule has 0 aliphatic heterocycles. The Bertz CT molecular complexity index is 299. The number of hydrogen-bond acceptors (Lipinski definition) is 0. The summed E-state index contributed by atoms with van der Waals surface area (Å²) in [5.74, 6) is 0. The summed E-state index contributed by atoms with van der Waals surface area (Å²) < 4.78 is 3.29. The molecule has 2 rings (SSSR count). The predicted octanol–water partition coefficient (Wildman–Crippen LogP) is 3.34. The number of rotatable bonds is 1. The Balaban J connectivity index is 0. The number of benzene rings is 1. The number of halogens is 3. The molecule has 4 heteroatoms. The van der Waals surface area contributed by atoms with Crippen LogP contribution < -0.4 is 0 Å². The zero-order valence-electron chi connectivity index (χ0n) is 7.77. The van der Waals surface area contributed by atoms with Crippen LogP contribution in [0.5, 0.6) is 0 Å². The van der Waals surface area contributed by atoms with E-state index in [2.05, 4.69) is 41.1 Å². The molecule has 1 aromatic rings. The fraction of sp³-hybridized carbons (Fsp3) is 0.200. The number of allylic oxidation sites excluding steroid dienone is 1. The summed E-state index contributed by atoms with van der Waals surface area (Å²) in [6.45, 7) is 0. The molecular weight excluding hydrogens is 356 g/mol. The Morgan fingerprint density at radius 1 is 1.07 bits per heavy atom. The third-order valence-corrected chi connectivity index (χ3v) is 6.15. The van der Waals surface area contributed by atoms with Crippen molar-refractivity contribution in [2.24, 2.45) is 0 Å². The third kappa shape index (κ3) is 2.80. The van der Waals surface area contributed by atoms with Crippen LogP contribution in [-0.2, 0) is 22.9 Å². The van der Waals surface area contributed by atoms with Gasteiger partial charge in [0.2, 0.25) is 0 Å². The van der Waals surface area contributed by atoms with Crippen molar-refractivity contribution in [1.29, 1.82) is 0 Å². The molecule has 0 spiro atoms. The maximum atomic E-state index is 2.43. The van der Waals surface area contributed by atoms with Crippen molar-refractivity contribution in [2.75, 3.05) is 0 Å². The average molecular weight is 369 g/mol. The summed E-state index contributed by atoms with van der Waals surface area (Å²) in [5, 5.41) is 0. The zero-order valence-corrected chi connectivity index (χ0v) is 11.4. The summed E-state index contributed by atoms with van der Waals surface area (Å²) in [6.07, 6.45) is 4.66. The molecule has 1 unspecified atom stereocenters. The normalized spacial score (nSPS) is 15.6. The standard InChI is InChI=1S/C9H7.CH3.3FH.Hf/c1-2-5-9-7-3-6-8(9)4-1;;;;;/h1-7H;1H3;3*1H;. The molecule has 0 saturated heterocycles. The van der Waals surface area contributed by atoms with Gasteiger partial charge < -0.3 is 0 Å². The van der Waals surface area contributed by atoms with E-state index in [1.165, 1.54) is 5.56 Å². The van der Waals surface area contributed by atoms with E-state index in [9.17, 15) is 0 Å². The molecule has 0 aromatic heterocycles.